The van der Waals surface area contributed by atoms with Crippen molar-refractivity contribution >= 4 is 23.0 Å². The Morgan fingerprint density at radius 2 is 1.83 bits per heavy atom. The summed E-state index contributed by atoms with van der Waals surface area (Å²) in [5, 5.41) is 12.7. The molecule has 3 nitrogen and oxygen atoms in total. The lowest BCUT2D eigenvalue weighted by Gasteiger charge is -2.12. The Balaban J connectivity index is 2.41. The van der Waals surface area contributed by atoms with Crippen LogP contribution < -0.4 is 10.1 Å². The molecular weight excluding hydrogens is 248 g/mol. The molecule has 4 heteroatoms. The predicted octanol–water partition coefficient (Wildman–Crippen LogP) is 3.96. The topological polar surface area (TPSA) is 45.0 Å². The maximum absolute atomic E-state index is 9.10. The van der Waals surface area contributed by atoms with E-state index in [1.807, 2.05) is 24.3 Å². The Hall–Kier alpha value is -2.18. The Labute approximate surface area is 111 Å². The fraction of sp³-hybridized carbons (Fsp3) is 0.0714. The molecule has 2 aromatic carbocycles. The lowest BCUT2D eigenvalue weighted by Crippen LogP contribution is -1.96. The third kappa shape index (κ3) is 2.39. The molecule has 0 saturated heterocycles. The van der Waals surface area contributed by atoms with Gasteiger partial charge in [0.2, 0.25) is 0 Å². The van der Waals surface area contributed by atoms with E-state index in [1.54, 1.807) is 25.3 Å². The van der Waals surface area contributed by atoms with Gasteiger partial charge in [-0.1, -0.05) is 29.8 Å². The molecule has 1 N–H and O–H groups in total. The average Bonchev–Trinajstić information content (AvgIpc) is 2.40. The summed E-state index contributed by atoms with van der Waals surface area (Å²) in [6.45, 7) is 0. The summed E-state index contributed by atoms with van der Waals surface area (Å²) in [7, 11) is 1.60. The van der Waals surface area contributed by atoms with Gasteiger partial charge in [0.15, 0.2) is 0 Å². The first-order valence-corrected chi connectivity index (χ1v) is 5.72. The third-order valence-corrected chi connectivity index (χ3v) is 2.82. The number of anilines is 2. The highest BCUT2D eigenvalue weighted by Crippen LogP contribution is 2.30. The molecule has 18 heavy (non-hydrogen) atoms. The van der Waals surface area contributed by atoms with Crippen LogP contribution in [0.4, 0.5) is 11.4 Å². The summed E-state index contributed by atoms with van der Waals surface area (Å²) < 4.78 is 5.24. The second-order valence-electron chi connectivity index (χ2n) is 3.60. The molecule has 90 valence electrons. The monoisotopic (exact) mass is 258 g/mol. The standard InChI is InChI=1S/C14H11ClN2O/c1-18-14-8-3-2-6-13(14)17-12-7-4-5-11(15)10(12)9-16/h2-8,17H,1H3. The average molecular weight is 259 g/mol. The lowest BCUT2D eigenvalue weighted by molar-refractivity contribution is 0.417. The van der Waals surface area contributed by atoms with E-state index < -0.39 is 0 Å². The van der Waals surface area contributed by atoms with Crippen molar-refractivity contribution in [3.05, 3.63) is 53.1 Å². The van der Waals surface area contributed by atoms with Crippen LogP contribution in [0.15, 0.2) is 42.5 Å². The predicted molar refractivity (Wildman–Crippen MR) is 72.4 cm³/mol. The quantitative estimate of drug-likeness (QED) is 0.906. The normalized spacial score (nSPS) is 9.61. The van der Waals surface area contributed by atoms with Gasteiger partial charge < -0.3 is 10.1 Å². The van der Waals surface area contributed by atoms with E-state index in [1.165, 1.54) is 0 Å². The molecule has 2 aromatic rings. The van der Waals surface area contributed by atoms with Gasteiger partial charge in [0, 0.05) is 0 Å². The fourth-order valence-electron chi connectivity index (χ4n) is 1.63. The largest absolute Gasteiger partial charge is 0.495 e. The van der Waals surface area contributed by atoms with Gasteiger partial charge in [0.05, 0.1) is 29.1 Å². The number of para-hydroxylation sites is 2. The molecule has 0 fully saturated rings. The van der Waals surface area contributed by atoms with Crippen molar-refractivity contribution in [2.24, 2.45) is 0 Å². The van der Waals surface area contributed by atoms with E-state index in [2.05, 4.69) is 11.4 Å². The van der Waals surface area contributed by atoms with Gasteiger partial charge in [-0.05, 0) is 24.3 Å². The molecule has 0 spiro atoms. The summed E-state index contributed by atoms with van der Waals surface area (Å²) in [6.07, 6.45) is 0. The molecule has 0 aliphatic rings. The second kappa shape index (κ2) is 5.44. The van der Waals surface area contributed by atoms with Crippen LogP contribution in [0.3, 0.4) is 0 Å². The molecular formula is C14H11ClN2O. The number of hydrogen-bond acceptors (Lipinski definition) is 3. The van der Waals surface area contributed by atoms with Crippen molar-refractivity contribution in [1.29, 1.82) is 5.26 Å². The van der Waals surface area contributed by atoms with Crippen LogP contribution in [0.1, 0.15) is 5.56 Å². The summed E-state index contributed by atoms with van der Waals surface area (Å²) in [5.74, 6) is 0.710. The Morgan fingerprint density at radius 3 is 2.56 bits per heavy atom. The number of ether oxygens (including phenoxy) is 1. The first kappa shape index (κ1) is 12.3. The SMILES string of the molecule is COc1ccccc1Nc1cccc(Cl)c1C#N. The molecule has 0 aliphatic carbocycles. The summed E-state index contributed by atoms with van der Waals surface area (Å²) in [6, 6.07) is 14.9. The first-order chi connectivity index (χ1) is 8.76. The lowest BCUT2D eigenvalue weighted by atomic mass is 10.2. The maximum Gasteiger partial charge on any atom is 0.142 e. The Kier molecular flexibility index (Phi) is 3.71. The Bertz CT molecular complexity index is 605. The molecule has 0 saturated carbocycles. The van der Waals surface area contributed by atoms with E-state index in [9.17, 15) is 0 Å². The van der Waals surface area contributed by atoms with Gasteiger partial charge in [-0.15, -0.1) is 0 Å². The highest BCUT2D eigenvalue weighted by atomic mass is 35.5. The molecule has 0 unspecified atom stereocenters. The van der Waals surface area contributed by atoms with Crippen molar-refractivity contribution in [2.75, 3.05) is 12.4 Å². The highest BCUT2D eigenvalue weighted by Gasteiger charge is 2.08. The summed E-state index contributed by atoms with van der Waals surface area (Å²) in [4.78, 5) is 0. The highest BCUT2D eigenvalue weighted by molar-refractivity contribution is 6.32. The van der Waals surface area contributed by atoms with E-state index >= 15 is 0 Å². The van der Waals surface area contributed by atoms with Gasteiger partial charge >= 0.3 is 0 Å². The number of rotatable bonds is 3. The van der Waals surface area contributed by atoms with Gasteiger partial charge in [0.25, 0.3) is 0 Å². The molecule has 2 rings (SSSR count). The number of nitriles is 1. The molecule has 0 aromatic heterocycles. The summed E-state index contributed by atoms with van der Waals surface area (Å²) >= 11 is 5.98. The van der Waals surface area contributed by atoms with E-state index in [-0.39, 0.29) is 0 Å². The smallest absolute Gasteiger partial charge is 0.142 e. The fourth-order valence-corrected chi connectivity index (χ4v) is 1.85. The molecule has 0 radical (unpaired) electrons. The minimum atomic E-state index is 0.421. The van der Waals surface area contributed by atoms with Crippen LogP contribution in [0.25, 0.3) is 0 Å². The van der Waals surface area contributed by atoms with Crippen LogP contribution in [-0.4, -0.2) is 7.11 Å². The summed E-state index contributed by atoms with van der Waals surface area (Å²) in [5.41, 5.74) is 1.87. The van der Waals surface area contributed by atoms with Crippen LogP contribution in [0.2, 0.25) is 5.02 Å². The number of benzene rings is 2. The number of hydrogen-bond donors (Lipinski definition) is 1. The number of nitrogens with one attached hydrogen (secondary N) is 1. The van der Waals surface area contributed by atoms with E-state index in [0.29, 0.717) is 22.0 Å². The van der Waals surface area contributed by atoms with Gasteiger partial charge in [-0.25, -0.2) is 0 Å². The van der Waals surface area contributed by atoms with Crippen LogP contribution in [0.5, 0.6) is 5.75 Å². The van der Waals surface area contributed by atoms with Crippen LogP contribution in [-0.2, 0) is 0 Å². The van der Waals surface area contributed by atoms with Crippen molar-refractivity contribution in [2.45, 2.75) is 0 Å². The van der Waals surface area contributed by atoms with Gasteiger partial charge in [-0.2, -0.15) is 5.26 Å². The second-order valence-corrected chi connectivity index (χ2v) is 4.01. The zero-order valence-corrected chi connectivity index (χ0v) is 10.5. The molecule has 0 heterocycles. The van der Waals surface area contributed by atoms with E-state index in [0.717, 1.165) is 5.69 Å². The first-order valence-electron chi connectivity index (χ1n) is 5.35. The zero-order chi connectivity index (χ0) is 13.0. The third-order valence-electron chi connectivity index (χ3n) is 2.50. The molecule has 0 atom stereocenters. The van der Waals surface area contributed by atoms with E-state index in [4.69, 9.17) is 21.6 Å². The zero-order valence-electron chi connectivity index (χ0n) is 9.77. The van der Waals surface area contributed by atoms with Gasteiger partial charge in [-0.3, -0.25) is 0 Å². The number of nitrogens with zero attached hydrogens (tertiary/aromatic N) is 1. The molecule has 0 aliphatic heterocycles. The number of halogens is 1. The minimum Gasteiger partial charge on any atom is -0.495 e. The molecule has 0 bridgehead atoms. The maximum atomic E-state index is 9.10. The van der Waals surface area contributed by atoms with Crippen molar-refractivity contribution in [1.82, 2.24) is 0 Å². The van der Waals surface area contributed by atoms with Crippen molar-refractivity contribution < 1.29 is 4.74 Å². The van der Waals surface area contributed by atoms with Crippen molar-refractivity contribution in [3.63, 3.8) is 0 Å². The van der Waals surface area contributed by atoms with Crippen LogP contribution in [0, 0.1) is 11.3 Å². The molecule has 0 amide bonds. The van der Waals surface area contributed by atoms with Crippen molar-refractivity contribution in [3.8, 4) is 11.8 Å². The van der Waals surface area contributed by atoms with Gasteiger partial charge in [0.1, 0.15) is 11.8 Å². The Morgan fingerprint density at radius 1 is 1.11 bits per heavy atom. The number of methoxy groups -OCH3 is 1. The van der Waals surface area contributed by atoms with Crippen LogP contribution >= 0.6 is 11.6 Å². The minimum absolute atomic E-state index is 0.421.